The number of pyridine rings is 1. The lowest BCUT2D eigenvalue weighted by molar-refractivity contribution is 0.0766. The standard InChI is InChI=1S/C22H23N3O3/c1-13-8-16(28-24-13)9-15-11-25(12-21(15)26)22(27)18-10-20(14-6-7-14)23-19-5-3-2-4-17(18)19/h2-5,8,10,14-15,21,26H,6-7,9,11-12H2,1H3/t15-,21-/m1/s1. The molecule has 1 aliphatic carbocycles. The van der Waals surface area contributed by atoms with Crippen LogP contribution < -0.4 is 0 Å². The fourth-order valence-corrected chi connectivity index (χ4v) is 4.12. The van der Waals surface area contributed by atoms with Crippen LogP contribution in [-0.2, 0) is 6.42 Å². The minimum Gasteiger partial charge on any atom is -0.391 e. The smallest absolute Gasteiger partial charge is 0.254 e. The molecule has 0 bridgehead atoms. The molecule has 3 aromatic rings. The van der Waals surface area contributed by atoms with Crippen LogP contribution in [-0.4, -0.2) is 45.2 Å². The number of aliphatic hydroxyl groups is 1. The maximum Gasteiger partial charge on any atom is 0.254 e. The molecule has 6 heteroatoms. The summed E-state index contributed by atoms with van der Waals surface area (Å²) in [7, 11) is 0. The highest BCUT2D eigenvalue weighted by Crippen LogP contribution is 2.40. The fourth-order valence-electron chi connectivity index (χ4n) is 4.12. The number of hydrogen-bond donors (Lipinski definition) is 1. The molecule has 2 aromatic heterocycles. The first kappa shape index (κ1) is 17.4. The lowest BCUT2D eigenvalue weighted by atomic mass is 10.0. The Labute approximate surface area is 163 Å². The SMILES string of the molecule is Cc1cc(C[C@@H]2CN(C(=O)c3cc(C4CC4)nc4ccccc34)C[C@H]2O)on1. The number of carbonyl (C=O) groups is 1. The number of aromatic nitrogens is 2. The summed E-state index contributed by atoms with van der Waals surface area (Å²) in [6.07, 6.45) is 2.29. The molecule has 0 radical (unpaired) electrons. The highest BCUT2D eigenvalue weighted by atomic mass is 16.5. The van der Waals surface area contributed by atoms with Crippen molar-refractivity contribution in [3.05, 3.63) is 59.1 Å². The van der Waals surface area contributed by atoms with Crippen molar-refractivity contribution in [3.8, 4) is 0 Å². The monoisotopic (exact) mass is 377 g/mol. The largest absolute Gasteiger partial charge is 0.391 e. The molecule has 6 nitrogen and oxygen atoms in total. The zero-order chi connectivity index (χ0) is 19.3. The Morgan fingerprint density at radius 1 is 1.25 bits per heavy atom. The first-order chi connectivity index (χ1) is 13.6. The number of carbonyl (C=O) groups excluding carboxylic acids is 1. The summed E-state index contributed by atoms with van der Waals surface area (Å²) in [6, 6.07) is 11.7. The number of aliphatic hydroxyl groups excluding tert-OH is 1. The number of nitrogens with zero attached hydrogens (tertiary/aromatic N) is 3. The molecule has 2 fully saturated rings. The second-order valence-electron chi connectivity index (χ2n) is 8.06. The molecule has 1 aromatic carbocycles. The first-order valence-corrected chi connectivity index (χ1v) is 9.87. The Balaban J connectivity index is 1.42. The summed E-state index contributed by atoms with van der Waals surface area (Å²) in [5.41, 5.74) is 3.39. The number of likely N-dealkylation sites (tertiary alicyclic amines) is 1. The van der Waals surface area contributed by atoms with Crippen molar-refractivity contribution in [3.63, 3.8) is 0 Å². The summed E-state index contributed by atoms with van der Waals surface area (Å²) in [6.45, 7) is 2.72. The molecular weight excluding hydrogens is 354 g/mol. The van der Waals surface area contributed by atoms with Crippen LogP contribution in [0.3, 0.4) is 0 Å². The van der Waals surface area contributed by atoms with E-state index in [2.05, 4.69) is 5.16 Å². The van der Waals surface area contributed by atoms with E-state index in [9.17, 15) is 9.90 Å². The van der Waals surface area contributed by atoms with Crippen LogP contribution in [0.2, 0.25) is 0 Å². The molecule has 1 saturated carbocycles. The van der Waals surface area contributed by atoms with Gasteiger partial charge in [0.15, 0.2) is 0 Å². The zero-order valence-corrected chi connectivity index (χ0v) is 15.8. The number of aryl methyl sites for hydroxylation is 1. The molecule has 2 atom stereocenters. The van der Waals surface area contributed by atoms with Crippen molar-refractivity contribution >= 4 is 16.8 Å². The molecule has 5 rings (SSSR count). The number of para-hydroxylation sites is 1. The predicted molar refractivity (Wildman–Crippen MR) is 104 cm³/mol. The fraction of sp³-hybridized carbons (Fsp3) is 0.409. The third-order valence-electron chi connectivity index (χ3n) is 5.80. The Morgan fingerprint density at radius 2 is 2.07 bits per heavy atom. The van der Waals surface area contributed by atoms with Gasteiger partial charge in [0.1, 0.15) is 5.76 Å². The molecule has 1 N–H and O–H groups in total. The minimum atomic E-state index is -0.564. The van der Waals surface area contributed by atoms with Crippen molar-refractivity contribution in [2.24, 2.45) is 5.92 Å². The van der Waals surface area contributed by atoms with Gasteiger partial charge in [-0.05, 0) is 31.9 Å². The van der Waals surface area contributed by atoms with Gasteiger partial charge in [-0.3, -0.25) is 9.78 Å². The van der Waals surface area contributed by atoms with E-state index in [1.54, 1.807) is 4.90 Å². The van der Waals surface area contributed by atoms with Crippen molar-refractivity contribution < 1.29 is 14.4 Å². The van der Waals surface area contributed by atoms with Crippen LogP contribution in [0.1, 0.15) is 46.3 Å². The number of rotatable bonds is 4. The van der Waals surface area contributed by atoms with Crippen molar-refractivity contribution in [2.75, 3.05) is 13.1 Å². The molecule has 2 aliphatic rings. The molecule has 1 aliphatic heterocycles. The van der Waals surface area contributed by atoms with Gasteiger partial charge in [-0.15, -0.1) is 0 Å². The van der Waals surface area contributed by atoms with Gasteiger partial charge < -0.3 is 14.5 Å². The normalized spacial score (nSPS) is 22.1. The van der Waals surface area contributed by atoms with Crippen molar-refractivity contribution in [1.29, 1.82) is 0 Å². The van der Waals surface area contributed by atoms with Gasteiger partial charge >= 0.3 is 0 Å². The molecule has 1 amide bonds. The Hall–Kier alpha value is -2.73. The minimum absolute atomic E-state index is 0.0317. The number of benzene rings is 1. The van der Waals surface area contributed by atoms with Crippen LogP contribution >= 0.6 is 0 Å². The maximum atomic E-state index is 13.4. The highest BCUT2D eigenvalue weighted by Gasteiger charge is 2.36. The molecule has 0 unspecified atom stereocenters. The van der Waals surface area contributed by atoms with E-state index in [-0.39, 0.29) is 11.8 Å². The average molecular weight is 377 g/mol. The van der Waals surface area contributed by atoms with Crippen LogP contribution in [0, 0.1) is 12.8 Å². The predicted octanol–water partition coefficient (Wildman–Crippen LogP) is 3.08. The van der Waals surface area contributed by atoms with Gasteiger partial charge in [0.2, 0.25) is 0 Å². The Bertz CT molecular complexity index is 1040. The van der Waals surface area contributed by atoms with Crippen LogP contribution in [0.25, 0.3) is 10.9 Å². The van der Waals surface area contributed by atoms with Gasteiger partial charge in [0, 0.05) is 48.5 Å². The van der Waals surface area contributed by atoms with E-state index in [4.69, 9.17) is 9.51 Å². The number of hydrogen-bond acceptors (Lipinski definition) is 5. The maximum absolute atomic E-state index is 13.4. The van der Waals surface area contributed by atoms with Gasteiger partial charge in [-0.2, -0.15) is 0 Å². The lowest BCUT2D eigenvalue weighted by Crippen LogP contribution is -2.30. The molecular formula is C22H23N3O3. The van der Waals surface area contributed by atoms with Crippen LogP contribution in [0.15, 0.2) is 40.9 Å². The van der Waals surface area contributed by atoms with E-state index >= 15 is 0 Å². The summed E-state index contributed by atoms with van der Waals surface area (Å²) >= 11 is 0. The van der Waals surface area contributed by atoms with Gasteiger partial charge in [0.05, 0.1) is 22.9 Å². The topological polar surface area (TPSA) is 79.5 Å². The van der Waals surface area contributed by atoms with E-state index in [1.807, 2.05) is 43.3 Å². The first-order valence-electron chi connectivity index (χ1n) is 9.87. The highest BCUT2D eigenvalue weighted by molar-refractivity contribution is 6.06. The molecule has 0 spiro atoms. The Kier molecular flexibility index (Phi) is 4.16. The molecule has 28 heavy (non-hydrogen) atoms. The summed E-state index contributed by atoms with van der Waals surface area (Å²) in [4.78, 5) is 19.9. The van der Waals surface area contributed by atoms with E-state index in [1.165, 1.54) is 0 Å². The van der Waals surface area contributed by atoms with Gasteiger partial charge in [-0.25, -0.2) is 0 Å². The number of β-amino-alcohol motifs (C(OH)–C–C–N with tert-alkyl or cyclic N) is 1. The van der Waals surface area contributed by atoms with E-state index < -0.39 is 6.10 Å². The van der Waals surface area contributed by atoms with Crippen LogP contribution in [0.4, 0.5) is 0 Å². The molecule has 3 heterocycles. The summed E-state index contributed by atoms with van der Waals surface area (Å²) < 4.78 is 5.29. The van der Waals surface area contributed by atoms with Crippen molar-refractivity contribution in [2.45, 2.75) is 38.2 Å². The second-order valence-corrected chi connectivity index (χ2v) is 8.06. The summed E-state index contributed by atoms with van der Waals surface area (Å²) in [5, 5.41) is 15.3. The lowest BCUT2D eigenvalue weighted by Gasteiger charge is -2.18. The average Bonchev–Trinajstić information content (AvgIpc) is 3.38. The van der Waals surface area contributed by atoms with E-state index in [0.29, 0.717) is 31.0 Å². The second kappa shape index (κ2) is 6.71. The Morgan fingerprint density at radius 3 is 2.82 bits per heavy atom. The van der Waals surface area contributed by atoms with Gasteiger partial charge in [0.25, 0.3) is 5.91 Å². The third kappa shape index (κ3) is 3.18. The van der Waals surface area contributed by atoms with Crippen molar-refractivity contribution in [1.82, 2.24) is 15.0 Å². The molecule has 1 saturated heterocycles. The van der Waals surface area contributed by atoms with Gasteiger partial charge in [-0.1, -0.05) is 23.4 Å². The third-order valence-corrected chi connectivity index (χ3v) is 5.80. The van der Waals surface area contributed by atoms with Crippen LogP contribution in [0.5, 0.6) is 0 Å². The zero-order valence-electron chi connectivity index (χ0n) is 15.8. The molecule has 144 valence electrons. The number of amides is 1. The van der Waals surface area contributed by atoms with E-state index in [0.717, 1.165) is 40.9 Å². The summed E-state index contributed by atoms with van der Waals surface area (Å²) in [5.74, 6) is 1.15. The quantitative estimate of drug-likeness (QED) is 0.756. The number of fused-ring (bicyclic) bond motifs is 1.